The second-order valence-electron chi connectivity index (χ2n) is 14.4. The summed E-state index contributed by atoms with van der Waals surface area (Å²) >= 11 is 0. The molecule has 0 amide bonds. The average molecular weight is 561 g/mol. The van der Waals surface area contributed by atoms with Crippen LogP contribution in [-0.2, 0) is 33.3 Å². The number of aliphatic hydroxyl groups is 2. The van der Waals surface area contributed by atoms with Gasteiger partial charge in [-0.25, -0.2) is 4.79 Å². The van der Waals surface area contributed by atoms with Crippen LogP contribution >= 0.6 is 0 Å². The van der Waals surface area contributed by atoms with E-state index in [4.69, 9.17) is 23.7 Å². The largest absolute Gasteiger partial charge is 0.458 e. The van der Waals surface area contributed by atoms with Gasteiger partial charge in [0.1, 0.15) is 6.61 Å². The Morgan fingerprint density at radius 1 is 1.02 bits per heavy atom. The third kappa shape index (κ3) is 3.70. The first-order chi connectivity index (χ1) is 18.9. The number of rotatable bonds is 2. The smallest absolute Gasteiger partial charge is 0.331 e. The number of fused-ring (bicyclic) bond motifs is 7. The molecule has 0 aromatic rings. The van der Waals surface area contributed by atoms with Gasteiger partial charge in [-0.1, -0.05) is 13.8 Å². The van der Waals surface area contributed by atoms with Crippen molar-refractivity contribution in [1.82, 2.24) is 0 Å². The lowest BCUT2D eigenvalue weighted by Crippen LogP contribution is -2.71. The van der Waals surface area contributed by atoms with Crippen molar-refractivity contribution in [3.05, 3.63) is 11.6 Å². The lowest BCUT2D eigenvalue weighted by Gasteiger charge is -2.65. The predicted molar refractivity (Wildman–Crippen MR) is 140 cm³/mol. The van der Waals surface area contributed by atoms with Crippen LogP contribution in [0.3, 0.4) is 0 Å². The van der Waals surface area contributed by atoms with Crippen molar-refractivity contribution in [3.63, 3.8) is 0 Å². The lowest BCUT2D eigenvalue weighted by molar-refractivity contribution is -0.458. The number of carbonyl (C=O) groups is 2. The van der Waals surface area contributed by atoms with E-state index in [0.717, 1.165) is 56.9 Å². The van der Waals surface area contributed by atoms with Gasteiger partial charge in [-0.2, -0.15) is 0 Å². The summed E-state index contributed by atoms with van der Waals surface area (Å²) in [4.78, 5) is 23.7. The van der Waals surface area contributed by atoms with E-state index in [9.17, 15) is 19.8 Å². The minimum absolute atomic E-state index is 0.0423. The van der Waals surface area contributed by atoms with Crippen LogP contribution in [-0.4, -0.2) is 70.9 Å². The molecule has 7 rings (SSSR count). The molecule has 0 aromatic carbocycles. The van der Waals surface area contributed by atoms with Gasteiger partial charge in [0.05, 0.1) is 23.9 Å². The molecule has 3 heterocycles. The Hall–Kier alpha value is -1.52. The van der Waals surface area contributed by atoms with Crippen molar-refractivity contribution >= 4 is 11.9 Å². The summed E-state index contributed by atoms with van der Waals surface area (Å²) in [5, 5.41) is 24.1. The monoisotopic (exact) mass is 560 g/mol. The van der Waals surface area contributed by atoms with Gasteiger partial charge in [0.2, 0.25) is 6.29 Å². The molecule has 3 aliphatic heterocycles. The zero-order chi connectivity index (χ0) is 28.2. The Morgan fingerprint density at radius 3 is 2.55 bits per heavy atom. The molecule has 4 aliphatic carbocycles. The molecule has 7 aliphatic rings. The van der Waals surface area contributed by atoms with Gasteiger partial charge in [0, 0.05) is 24.8 Å². The first-order valence-electron chi connectivity index (χ1n) is 15.4. The van der Waals surface area contributed by atoms with E-state index in [-0.39, 0.29) is 46.9 Å². The Kier molecular flexibility index (Phi) is 6.14. The number of ether oxygens (including phenoxy) is 5. The fraction of sp³-hybridized carbons (Fsp3) is 0.871. The van der Waals surface area contributed by atoms with Gasteiger partial charge in [0.15, 0.2) is 6.10 Å². The zero-order valence-electron chi connectivity index (χ0n) is 24.1. The van der Waals surface area contributed by atoms with E-state index in [1.165, 1.54) is 6.92 Å². The first kappa shape index (κ1) is 27.3. The van der Waals surface area contributed by atoms with Gasteiger partial charge in [-0.3, -0.25) is 4.79 Å². The number of hydrogen-bond acceptors (Lipinski definition) is 9. The molecule has 2 N–H and O–H groups in total. The summed E-state index contributed by atoms with van der Waals surface area (Å²) < 4.78 is 29.7. The van der Waals surface area contributed by atoms with Crippen LogP contribution in [0, 0.1) is 34.5 Å². The van der Waals surface area contributed by atoms with Gasteiger partial charge in [-0.05, 0) is 93.0 Å². The quantitative estimate of drug-likeness (QED) is 0.387. The van der Waals surface area contributed by atoms with E-state index >= 15 is 0 Å². The van der Waals surface area contributed by atoms with Crippen LogP contribution in [0.2, 0.25) is 0 Å². The van der Waals surface area contributed by atoms with Crippen molar-refractivity contribution < 1.29 is 43.5 Å². The molecule has 0 bridgehead atoms. The number of esters is 2. The molecule has 0 spiro atoms. The van der Waals surface area contributed by atoms with Crippen LogP contribution in [0.5, 0.6) is 0 Å². The minimum atomic E-state index is -1.83. The molecule has 13 atom stereocenters. The van der Waals surface area contributed by atoms with Crippen LogP contribution < -0.4 is 0 Å². The number of carbonyl (C=O) groups excluding carboxylic acids is 2. The molecule has 0 radical (unpaired) electrons. The third-order valence-electron chi connectivity index (χ3n) is 12.6. The van der Waals surface area contributed by atoms with Crippen molar-refractivity contribution in [2.75, 3.05) is 6.61 Å². The fourth-order valence-electron chi connectivity index (χ4n) is 10.6. The maximum Gasteiger partial charge on any atom is 0.331 e. The maximum absolute atomic E-state index is 12.5. The second kappa shape index (κ2) is 8.99. The Labute approximate surface area is 235 Å². The Balaban J connectivity index is 1.14. The highest BCUT2D eigenvalue weighted by Gasteiger charge is 2.69. The van der Waals surface area contributed by atoms with Crippen molar-refractivity contribution in [3.8, 4) is 0 Å². The number of hydrogen-bond donors (Lipinski definition) is 2. The van der Waals surface area contributed by atoms with Gasteiger partial charge >= 0.3 is 11.9 Å². The molecular weight excluding hydrogens is 516 g/mol. The summed E-state index contributed by atoms with van der Waals surface area (Å²) in [7, 11) is 0. The van der Waals surface area contributed by atoms with Crippen molar-refractivity contribution in [2.45, 2.75) is 128 Å². The topological polar surface area (TPSA) is 121 Å². The minimum Gasteiger partial charge on any atom is -0.458 e. The molecule has 0 aromatic heterocycles. The summed E-state index contributed by atoms with van der Waals surface area (Å²) in [6.07, 6.45) is 6.38. The highest BCUT2D eigenvalue weighted by atomic mass is 16.8. The average Bonchev–Trinajstić information content (AvgIpc) is 3.42. The standard InChI is InChI=1S/C31H44O9/c1-16-11-25(38-17(2)32)31(35)27(37-16)39-24-14-28(3)19(13-23(24)40-31)5-6-22-21(28)7-9-29(4)20(8-10-30(22,29)34)18-12-26(33)36-15-18/h12,16,19-25,27,34-35H,5-11,13-15H2,1-4H3/t16-,19+,20-,21+,22-,23-,24-,25-,27+,28+,29-,30+,31+/m1/s1. The fourth-order valence-corrected chi connectivity index (χ4v) is 10.6. The maximum atomic E-state index is 12.5. The van der Waals surface area contributed by atoms with Gasteiger partial charge in [0.25, 0.3) is 5.79 Å². The molecule has 9 heteroatoms. The molecule has 4 saturated carbocycles. The third-order valence-corrected chi connectivity index (χ3v) is 12.6. The van der Waals surface area contributed by atoms with Gasteiger partial charge in [-0.15, -0.1) is 0 Å². The lowest BCUT2D eigenvalue weighted by atomic mass is 9.43. The summed E-state index contributed by atoms with van der Waals surface area (Å²) in [5.74, 6) is -1.46. The summed E-state index contributed by atoms with van der Waals surface area (Å²) in [5.41, 5.74) is -0.0375. The van der Waals surface area contributed by atoms with Crippen molar-refractivity contribution in [1.29, 1.82) is 0 Å². The molecule has 2 saturated heterocycles. The SMILES string of the molecule is CC(=O)O[C@@H]1C[C@@H](C)O[C@H]2O[C@@H]3C[C@@]4(C)[C@@H](CC[C@@H]5[C@@H]4CC[C@]4(C)[C@@H](C6=CC(=O)OC6)CC[C@]54O)C[C@H]3O[C@]21O. The summed E-state index contributed by atoms with van der Waals surface area (Å²) in [6.45, 7) is 8.20. The molecule has 40 heavy (non-hydrogen) atoms. The van der Waals surface area contributed by atoms with E-state index < -0.39 is 29.8 Å². The highest BCUT2D eigenvalue weighted by Crippen LogP contribution is 2.70. The Bertz CT molecular complexity index is 1120. The predicted octanol–water partition coefficient (Wildman–Crippen LogP) is 3.39. The van der Waals surface area contributed by atoms with Crippen LogP contribution in [0.1, 0.15) is 85.5 Å². The van der Waals surface area contributed by atoms with E-state index in [2.05, 4.69) is 13.8 Å². The molecule has 6 fully saturated rings. The molecule has 0 unspecified atom stereocenters. The normalized spacial score (nSPS) is 55.1. The summed E-state index contributed by atoms with van der Waals surface area (Å²) in [6, 6.07) is 0. The highest BCUT2D eigenvalue weighted by molar-refractivity contribution is 5.85. The number of cyclic esters (lactones) is 1. The van der Waals surface area contributed by atoms with E-state index in [1.807, 2.05) is 6.92 Å². The van der Waals surface area contributed by atoms with Crippen LogP contribution in [0.25, 0.3) is 0 Å². The molecule has 9 nitrogen and oxygen atoms in total. The van der Waals surface area contributed by atoms with Crippen LogP contribution in [0.15, 0.2) is 11.6 Å². The zero-order valence-corrected chi connectivity index (χ0v) is 24.1. The molecular formula is C31H44O9. The second-order valence-corrected chi connectivity index (χ2v) is 14.4. The van der Waals surface area contributed by atoms with Gasteiger partial charge < -0.3 is 33.9 Å². The van der Waals surface area contributed by atoms with E-state index in [1.54, 1.807) is 6.08 Å². The Morgan fingerprint density at radius 2 is 1.82 bits per heavy atom. The van der Waals surface area contributed by atoms with Crippen molar-refractivity contribution in [2.24, 2.45) is 34.5 Å². The first-order valence-corrected chi connectivity index (χ1v) is 15.4. The van der Waals surface area contributed by atoms with E-state index in [0.29, 0.717) is 24.9 Å². The molecule has 222 valence electrons. The van der Waals surface area contributed by atoms with Crippen LogP contribution in [0.4, 0.5) is 0 Å².